The monoisotopic (exact) mass is 415 g/mol. The van der Waals surface area contributed by atoms with Crippen molar-refractivity contribution in [1.82, 2.24) is 15.1 Å². The zero-order valence-corrected chi connectivity index (χ0v) is 17.3. The van der Waals surface area contributed by atoms with E-state index in [1.54, 1.807) is 24.3 Å². The fourth-order valence-corrected chi connectivity index (χ4v) is 5.25. The number of carbonyl (C=O) groups is 4. The van der Waals surface area contributed by atoms with Crippen LogP contribution in [0.25, 0.3) is 0 Å². The van der Waals surface area contributed by atoms with Crippen molar-refractivity contribution in [3.05, 3.63) is 35.4 Å². The summed E-state index contributed by atoms with van der Waals surface area (Å²) in [6.07, 6.45) is 2.70. The van der Waals surface area contributed by atoms with Crippen LogP contribution in [0.15, 0.2) is 24.3 Å². The molecule has 3 aliphatic heterocycles. The summed E-state index contributed by atoms with van der Waals surface area (Å²) in [4.78, 5) is 52.0. The van der Waals surface area contributed by atoms with E-state index in [4.69, 9.17) is 0 Å². The number of nitrogens with one attached hydrogen (secondary N) is 1. The molecule has 1 aromatic rings. The number of likely N-dealkylation sites (tertiary alicyclic amines) is 2. The number of hydrogen-bond acceptors (Lipinski definition) is 5. The molecule has 3 fully saturated rings. The molecule has 4 rings (SSSR count). The standard InChI is InChI=1S/C21H25N3O4S/c1-14(25)15-2-4-16(5-3-15)18(26)23-9-6-21(7-10-23)8-11-24(13-21)19(27)17-12-29-20(28)22-17/h2-5,17H,6-13H2,1H3,(H,22,28). The smallest absolute Gasteiger partial charge is 0.279 e. The van der Waals surface area contributed by atoms with Crippen LogP contribution in [-0.2, 0) is 4.79 Å². The second-order valence-electron chi connectivity index (χ2n) is 8.23. The molecule has 8 heteroatoms. The molecule has 1 N–H and O–H groups in total. The van der Waals surface area contributed by atoms with Crippen LogP contribution in [-0.4, -0.2) is 70.6 Å². The average Bonchev–Trinajstić information content (AvgIpc) is 3.34. The van der Waals surface area contributed by atoms with Gasteiger partial charge in [0, 0.05) is 43.1 Å². The number of thioether (sulfide) groups is 1. The molecule has 3 amide bonds. The minimum Gasteiger partial charge on any atom is -0.340 e. The lowest BCUT2D eigenvalue weighted by atomic mass is 9.77. The summed E-state index contributed by atoms with van der Waals surface area (Å²) in [6, 6.07) is 6.42. The summed E-state index contributed by atoms with van der Waals surface area (Å²) in [7, 11) is 0. The first kappa shape index (κ1) is 19.9. The van der Waals surface area contributed by atoms with Gasteiger partial charge in [-0.2, -0.15) is 0 Å². The molecule has 1 aromatic carbocycles. The Morgan fingerprint density at radius 1 is 1.00 bits per heavy atom. The van der Waals surface area contributed by atoms with Crippen LogP contribution in [0.1, 0.15) is 46.9 Å². The van der Waals surface area contributed by atoms with E-state index in [1.807, 2.05) is 9.80 Å². The number of piperidine rings is 1. The molecule has 0 aromatic heterocycles. The summed E-state index contributed by atoms with van der Waals surface area (Å²) in [5.41, 5.74) is 1.27. The van der Waals surface area contributed by atoms with Gasteiger partial charge in [-0.15, -0.1) is 0 Å². The summed E-state index contributed by atoms with van der Waals surface area (Å²) in [5.74, 6) is 0.502. The first-order valence-corrected chi connectivity index (χ1v) is 11.0. The van der Waals surface area contributed by atoms with E-state index in [-0.39, 0.29) is 28.3 Å². The Labute approximate surface area is 174 Å². The van der Waals surface area contributed by atoms with Crippen molar-refractivity contribution in [3.8, 4) is 0 Å². The highest BCUT2D eigenvalue weighted by Crippen LogP contribution is 2.41. The first-order chi connectivity index (χ1) is 13.9. The topological polar surface area (TPSA) is 86.8 Å². The van der Waals surface area contributed by atoms with Crippen LogP contribution in [0.3, 0.4) is 0 Å². The maximum absolute atomic E-state index is 12.8. The minimum absolute atomic E-state index is 0.00780. The molecular formula is C21H25N3O4S. The van der Waals surface area contributed by atoms with Gasteiger partial charge in [0.1, 0.15) is 6.04 Å². The maximum atomic E-state index is 12.8. The zero-order valence-electron chi connectivity index (χ0n) is 16.5. The Kier molecular flexibility index (Phi) is 5.38. The highest BCUT2D eigenvalue weighted by atomic mass is 32.2. The van der Waals surface area contributed by atoms with E-state index < -0.39 is 6.04 Å². The largest absolute Gasteiger partial charge is 0.340 e. The Hall–Kier alpha value is -2.35. The molecule has 1 spiro atoms. The molecule has 3 saturated heterocycles. The number of ketones is 1. The number of amides is 3. The lowest BCUT2D eigenvalue weighted by Gasteiger charge is -2.39. The summed E-state index contributed by atoms with van der Waals surface area (Å²) in [6.45, 7) is 4.28. The van der Waals surface area contributed by atoms with E-state index in [1.165, 1.54) is 6.92 Å². The van der Waals surface area contributed by atoms with Crippen molar-refractivity contribution in [2.45, 2.75) is 32.2 Å². The van der Waals surface area contributed by atoms with E-state index in [2.05, 4.69) is 5.32 Å². The van der Waals surface area contributed by atoms with Gasteiger partial charge >= 0.3 is 0 Å². The van der Waals surface area contributed by atoms with Crippen molar-refractivity contribution in [2.24, 2.45) is 5.41 Å². The number of benzene rings is 1. The van der Waals surface area contributed by atoms with Gasteiger partial charge in [-0.25, -0.2) is 0 Å². The normalized spacial score (nSPS) is 23.3. The Morgan fingerprint density at radius 3 is 2.14 bits per heavy atom. The van der Waals surface area contributed by atoms with Crippen LogP contribution >= 0.6 is 11.8 Å². The average molecular weight is 416 g/mol. The quantitative estimate of drug-likeness (QED) is 0.765. The van der Waals surface area contributed by atoms with E-state index in [9.17, 15) is 19.2 Å². The molecule has 0 bridgehead atoms. The minimum atomic E-state index is -0.401. The van der Waals surface area contributed by atoms with Gasteiger partial charge in [0.2, 0.25) is 5.91 Å². The lowest BCUT2D eigenvalue weighted by molar-refractivity contribution is -0.132. The number of Topliss-reactive ketones (excluding diaryl/α,β-unsaturated/α-hetero) is 1. The van der Waals surface area contributed by atoms with E-state index in [0.29, 0.717) is 36.5 Å². The molecule has 29 heavy (non-hydrogen) atoms. The summed E-state index contributed by atoms with van der Waals surface area (Å²) >= 11 is 1.16. The van der Waals surface area contributed by atoms with Gasteiger partial charge in [-0.1, -0.05) is 23.9 Å². The fourth-order valence-electron chi connectivity index (χ4n) is 4.48. The van der Waals surface area contributed by atoms with E-state index in [0.717, 1.165) is 37.6 Å². The molecule has 3 heterocycles. The van der Waals surface area contributed by atoms with Gasteiger partial charge in [-0.3, -0.25) is 19.2 Å². The molecule has 0 aliphatic carbocycles. The highest BCUT2D eigenvalue weighted by molar-refractivity contribution is 8.14. The predicted octanol–water partition coefficient (Wildman–Crippen LogP) is 2.17. The molecule has 0 radical (unpaired) electrons. The van der Waals surface area contributed by atoms with E-state index >= 15 is 0 Å². The van der Waals surface area contributed by atoms with Crippen LogP contribution in [0.4, 0.5) is 4.79 Å². The van der Waals surface area contributed by atoms with Crippen molar-refractivity contribution in [3.63, 3.8) is 0 Å². The van der Waals surface area contributed by atoms with Crippen molar-refractivity contribution in [2.75, 3.05) is 31.9 Å². The third-order valence-electron chi connectivity index (χ3n) is 6.37. The van der Waals surface area contributed by atoms with Crippen LogP contribution < -0.4 is 5.32 Å². The Morgan fingerprint density at radius 2 is 1.59 bits per heavy atom. The van der Waals surface area contributed by atoms with Gasteiger partial charge in [0.25, 0.3) is 11.1 Å². The fraction of sp³-hybridized carbons (Fsp3) is 0.524. The van der Waals surface area contributed by atoms with Crippen molar-refractivity contribution >= 4 is 34.6 Å². The highest BCUT2D eigenvalue weighted by Gasteiger charge is 2.44. The number of rotatable bonds is 3. The number of hydrogen-bond donors (Lipinski definition) is 1. The first-order valence-electron chi connectivity index (χ1n) is 9.99. The van der Waals surface area contributed by atoms with Crippen LogP contribution in [0, 0.1) is 5.41 Å². The molecule has 7 nitrogen and oxygen atoms in total. The summed E-state index contributed by atoms with van der Waals surface area (Å²) in [5, 5.41) is 2.61. The van der Waals surface area contributed by atoms with Crippen molar-refractivity contribution < 1.29 is 19.2 Å². The molecule has 3 aliphatic rings. The third-order valence-corrected chi connectivity index (χ3v) is 7.25. The number of carbonyl (C=O) groups excluding carboxylic acids is 4. The molecule has 1 unspecified atom stereocenters. The second-order valence-corrected chi connectivity index (χ2v) is 9.22. The molecule has 154 valence electrons. The Bertz CT molecular complexity index is 846. The molecular weight excluding hydrogens is 390 g/mol. The van der Waals surface area contributed by atoms with Gasteiger partial charge in [0.05, 0.1) is 0 Å². The van der Waals surface area contributed by atoms with Crippen molar-refractivity contribution in [1.29, 1.82) is 0 Å². The third kappa shape index (κ3) is 4.03. The van der Waals surface area contributed by atoms with Gasteiger partial charge in [-0.05, 0) is 43.7 Å². The SMILES string of the molecule is CC(=O)c1ccc(C(=O)N2CCC3(CC2)CCN(C(=O)C2CSC(=O)N2)C3)cc1. The Balaban J connectivity index is 1.33. The van der Waals surface area contributed by atoms with Crippen LogP contribution in [0.2, 0.25) is 0 Å². The van der Waals surface area contributed by atoms with Gasteiger partial charge in [0.15, 0.2) is 5.78 Å². The van der Waals surface area contributed by atoms with Gasteiger partial charge < -0.3 is 15.1 Å². The van der Waals surface area contributed by atoms with Crippen LogP contribution in [0.5, 0.6) is 0 Å². The molecule has 0 saturated carbocycles. The lowest BCUT2D eigenvalue weighted by Crippen LogP contribution is -2.47. The maximum Gasteiger partial charge on any atom is 0.279 e. The second kappa shape index (κ2) is 7.82. The number of nitrogens with zero attached hydrogens (tertiary/aromatic N) is 2. The predicted molar refractivity (Wildman–Crippen MR) is 110 cm³/mol. The molecule has 1 atom stereocenters. The summed E-state index contributed by atoms with van der Waals surface area (Å²) < 4.78 is 0. The zero-order chi connectivity index (χ0) is 20.6.